The predicted octanol–water partition coefficient (Wildman–Crippen LogP) is 5.72. The molecule has 0 bridgehead atoms. The molecule has 0 aliphatic rings. The molecule has 0 aliphatic heterocycles. The molecule has 0 saturated carbocycles. The van der Waals surface area contributed by atoms with E-state index < -0.39 is 23.1 Å². The van der Waals surface area contributed by atoms with Crippen LogP contribution in [-0.4, -0.2) is 24.3 Å². The molecule has 0 amide bonds. The smallest absolute Gasteiger partial charge is 0.421 e. The van der Waals surface area contributed by atoms with Crippen LogP contribution in [-0.2, 0) is 19.3 Å². The van der Waals surface area contributed by atoms with E-state index in [1.165, 1.54) is 29.3 Å². The molecule has 38 heavy (non-hydrogen) atoms. The third-order valence-corrected chi connectivity index (χ3v) is 6.17. The standard InChI is InChI=1S/C26H18ClF4N5O2/c1-15-10-22(36-12-16(28)11-33-36)17-4-2-6-23(24(17)34-15)38-14-18-20(27)7-8-32-21(18)13-35-9-3-5-19(25(35)37)26(29,30)31/h2-12H,13-14H2,1H3. The van der Waals surface area contributed by atoms with Crippen molar-refractivity contribution in [1.29, 1.82) is 0 Å². The van der Waals surface area contributed by atoms with Gasteiger partial charge >= 0.3 is 6.18 Å². The van der Waals surface area contributed by atoms with Crippen LogP contribution in [0, 0.1) is 12.7 Å². The number of aryl methyl sites for hydroxylation is 1. The third kappa shape index (κ3) is 4.97. The highest BCUT2D eigenvalue weighted by Gasteiger charge is 2.34. The number of fused-ring (bicyclic) bond motifs is 1. The van der Waals surface area contributed by atoms with Gasteiger partial charge in [-0.2, -0.15) is 18.3 Å². The van der Waals surface area contributed by atoms with Gasteiger partial charge in [0.05, 0.1) is 35.3 Å². The molecule has 0 aliphatic carbocycles. The van der Waals surface area contributed by atoms with E-state index >= 15 is 0 Å². The SMILES string of the molecule is Cc1cc(-n2cc(F)cn2)c2cccc(OCc3c(Cl)ccnc3Cn3cccc(C(F)(F)F)c3=O)c2n1. The monoisotopic (exact) mass is 543 g/mol. The second-order valence-corrected chi connectivity index (χ2v) is 8.80. The average molecular weight is 544 g/mol. The Morgan fingerprint density at radius 2 is 1.95 bits per heavy atom. The number of ether oxygens (including phenoxy) is 1. The summed E-state index contributed by atoms with van der Waals surface area (Å²) in [5.74, 6) is -0.0965. The van der Waals surface area contributed by atoms with Gasteiger partial charge in [0.15, 0.2) is 5.82 Å². The fourth-order valence-corrected chi connectivity index (χ4v) is 4.27. The number of nitrogens with zero attached hydrogens (tertiary/aromatic N) is 5. The van der Waals surface area contributed by atoms with E-state index in [4.69, 9.17) is 16.3 Å². The summed E-state index contributed by atoms with van der Waals surface area (Å²) in [4.78, 5) is 21.3. The average Bonchev–Trinajstić information content (AvgIpc) is 3.30. The van der Waals surface area contributed by atoms with Crippen LogP contribution >= 0.6 is 11.6 Å². The van der Waals surface area contributed by atoms with Crippen LogP contribution in [0.2, 0.25) is 5.02 Å². The Kier molecular flexibility index (Phi) is 6.62. The van der Waals surface area contributed by atoms with Crippen molar-refractivity contribution >= 4 is 22.5 Å². The van der Waals surface area contributed by atoms with Crippen molar-refractivity contribution in [2.24, 2.45) is 0 Å². The van der Waals surface area contributed by atoms with Crippen LogP contribution in [0.5, 0.6) is 5.75 Å². The summed E-state index contributed by atoms with van der Waals surface area (Å²) >= 11 is 6.41. The summed E-state index contributed by atoms with van der Waals surface area (Å²) in [6, 6.07) is 10.4. The summed E-state index contributed by atoms with van der Waals surface area (Å²) < 4.78 is 61.6. The van der Waals surface area contributed by atoms with Crippen molar-refractivity contribution < 1.29 is 22.3 Å². The highest BCUT2D eigenvalue weighted by Crippen LogP contribution is 2.31. The second-order valence-electron chi connectivity index (χ2n) is 8.40. The van der Waals surface area contributed by atoms with Gasteiger partial charge in [0, 0.05) is 29.0 Å². The summed E-state index contributed by atoms with van der Waals surface area (Å²) in [5.41, 5.74) is -0.0493. The van der Waals surface area contributed by atoms with Crippen LogP contribution in [0.3, 0.4) is 0 Å². The topological polar surface area (TPSA) is 74.8 Å². The molecule has 0 fully saturated rings. The van der Waals surface area contributed by atoms with E-state index in [-0.39, 0.29) is 23.9 Å². The highest BCUT2D eigenvalue weighted by molar-refractivity contribution is 6.31. The van der Waals surface area contributed by atoms with Gasteiger partial charge in [-0.15, -0.1) is 0 Å². The lowest BCUT2D eigenvalue weighted by Crippen LogP contribution is -2.28. The normalized spacial score (nSPS) is 11.7. The van der Waals surface area contributed by atoms with E-state index in [9.17, 15) is 22.4 Å². The molecular formula is C26H18ClF4N5O2. The highest BCUT2D eigenvalue weighted by atomic mass is 35.5. The Morgan fingerprint density at radius 3 is 2.68 bits per heavy atom. The van der Waals surface area contributed by atoms with Gasteiger partial charge in [-0.3, -0.25) is 9.78 Å². The molecule has 0 atom stereocenters. The zero-order valence-corrected chi connectivity index (χ0v) is 20.5. The maximum atomic E-state index is 13.6. The largest absolute Gasteiger partial charge is 0.486 e. The van der Waals surface area contributed by atoms with Crippen molar-refractivity contribution in [3.8, 4) is 11.4 Å². The van der Waals surface area contributed by atoms with E-state index in [2.05, 4.69) is 15.1 Å². The maximum Gasteiger partial charge on any atom is 0.421 e. The number of hydrogen-bond acceptors (Lipinski definition) is 5. The zero-order chi connectivity index (χ0) is 27.0. The fraction of sp³-hybridized carbons (Fsp3) is 0.154. The van der Waals surface area contributed by atoms with Gasteiger partial charge in [-0.05, 0) is 37.3 Å². The zero-order valence-electron chi connectivity index (χ0n) is 19.7. The molecule has 0 radical (unpaired) electrons. The molecule has 0 spiro atoms. The first-order valence-corrected chi connectivity index (χ1v) is 11.6. The first-order chi connectivity index (χ1) is 18.1. The molecule has 12 heteroatoms. The number of rotatable bonds is 6. The van der Waals surface area contributed by atoms with Crippen molar-refractivity contribution in [1.82, 2.24) is 24.3 Å². The Labute approximate surface area is 217 Å². The van der Waals surface area contributed by atoms with Gasteiger partial charge in [-0.25, -0.2) is 14.1 Å². The number of benzene rings is 1. The minimum Gasteiger partial charge on any atom is -0.486 e. The summed E-state index contributed by atoms with van der Waals surface area (Å²) in [5, 5.41) is 4.97. The van der Waals surface area contributed by atoms with Gasteiger partial charge < -0.3 is 9.30 Å². The molecule has 0 unspecified atom stereocenters. The molecule has 0 saturated heterocycles. The van der Waals surface area contributed by atoms with E-state index in [1.807, 2.05) is 0 Å². The third-order valence-electron chi connectivity index (χ3n) is 5.81. The van der Waals surface area contributed by atoms with Crippen LogP contribution in [0.4, 0.5) is 17.6 Å². The van der Waals surface area contributed by atoms with Crippen LogP contribution in [0.1, 0.15) is 22.5 Å². The molecule has 194 valence electrons. The molecule has 5 aromatic rings. The second kappa shape index (κ2) is 9.90. The van der Waals surface area contributed by atoms with Gasteiger partial charge in [0.1, 0.15) is 23.4 Å². The number of para-hydroxylation sites is 1. The minimum absolute atomic E-state index is 0.101. The number of alkyl halides is 3. The predicted molar refractivity (Wildman–Crippen MR) is 132 cm³/mol. The first-order valence-electron chi connectivity index (χ1n) is 11.2. The van der Waals surface area contributed by atoms with Crippen molar-refractivity contribution in [2.45, 2.75) is 26.3 Å². The quantitative estimate of drug-likeness (QED) is 0.256. The molecule has 0 N–H and O–H groups in total. The first kappa shape index (κ1) is 25.4. The number of pyridine rings is 3. The summed E-state index contributed by atoms with van der Waals surface area (Å²) in [6.45, 7) is 1.43. The van der Waals surface area contributed by atoms with E-state index in [1.54, 1.807) is 31.2 Å². The van der Waals surface area contributed by atoms with Gasteiger partial charge in [-0.1, -0.05) is 23.7 Å². The van der Waals surface area contributed by atoms with Crippen LogP contribution < -0.4 is 10.3 Å². The van der Waals surface area contributed by atoms with Crippen molar-refractivity contribution in [2.75, 3.05) is 0 Å². The molecule has 4 aromatic heterocycles. The summed E-state index contributed by atoms with van der Waals surface area (Å²) in [7, 11) is 0. The fourth-order valence-electron chi connectivity index (χ4n) is 4.05. The Balaban J connectivity index is 1.49. The lowest BCUT2D eigenvalue weighted by molar-refractivity contribution is -0.138. The van der Waals surface area contributed by atoms with Crippen molar-refractivity contribution in [3.63, 3.8) is 0 Å². The molecule has 7 nitrogen and oxygen atoms in total. The molecular weight excluding hydrogens is 526 g/mol. The summed E-state index contributed by atoms with van der Waals surface area (Å²) in [6.07, 6.45) is 0.219. The maximum absolute atomic E-state index is 13.6. The lowest BCUT2D eigenvalue weighted by Gasteiger charge is -2.16. The Morgan fingerprint density at radius 1 is 1.13 bits per heavy atom. The van der Waals surface area contributed by atoms with Gasteiger partial charge in [0.2, 0.25) is 0 Å². The Hall–Kier alpha value is -4.25. The number of aromatic nitrogens is 5. The van der Waals surface area contributed by atoms with Crippen LogP contribution in [0.25, 0.3) is 16.6 Å². The van der Waals surface area contributed by atoms with E-state index in [0.717, 1.165) is 22.9 Å². The lowest BCUT2D eigenvalue weighted by atomic mass is 10.1. The number of hydrogen-bond donors (Lipinski definition) is 0. The Bertz CT molecular complexity index is 1710. The van der Waals surface area contributed by atoms with Crippen molar-refractivity contribution in [3.05, 3.63) is 111 Å². The molecule has 1 aromatic carbocycles. The van der Waals surface area contributed by atoms with Gasteiger partial charge in [0.25, 0.3) is 5.56 Å². The number of halogens is 5. The minimum atomic E-state index is -4.78. The van der Waals surface area contributed by atoms with Crippen LogP contribution in [0.15, 0.2) is 72.0 Å². The van der Waals surface area contributed by atoms with E-state index in [0.29, 0.717) is 33.6 Å². The molecule has 5 rings (SSSR count). The molecule has 4 heterocycles.